The number of aliphatic hydroxyl groups is 1. The molecular formula is C19H20N2O4S. The zero-order valence-electron chi connectivity index (χ0n) is 14.6. The molecule has 26 heavy (non-hydrogen) atoms. The minimum Gasteiger partial charge on any atom is -0.505 e. The van der Waals surface area contributed by atoms with Crippen LogP contribution in [-0.2, 0) is 10.0 Å². The molecule has 1 heterocycles. The van der Waals surface area contributed by atoms with Gasteiger partial charge in [-0.1, -0.05) is 42.5 Å². The predicted molar refractivity (Wildman–Crippen MR) is 99.2 cm³/mol. The van der Waals surface area contributed by atoms with E-state index < -0.39 is 15.8 Å². The first-order chi connectivity index (χ1) is 12.3. The lowest BCUT2D eigenvalue weighted by molar-refractivity contribution is 0.0997. The highest BCUT2D eigenvalue weighted by Crippen LogP contribution is 2.35. The van der Waals surface area contributed by atoms with Crippen LogP contribution < -0.4 is 0 Å². The topological polar surface area (TPSA) is 77.9 Å². The van der Waals surface area contributed by atoms with Gasteiger partial charge in [0.05, 0.1) is 4.90 Å². The number of benzene rings is 2. The van der Waals surface area contributed by atoms with E-state index in [1.165, 1.54) is 12.1 Å². The maximum Gasteiger partial charge on any atom is 0.265 e. The van der Waals surface area contributed by atoms with E-state index in [1.54, 1.807) is 42.5 Å². The first kappa shape index (κ1) is 18.2. The second-order valence-electron chi connectivity index (χ2n) is 6.27. The maximum absolute atomic E-state index is 13.1. The number of fused-ring (bicyclic) bond motifs is 1. The van der Waals surface area contributed by atoms with E-state index in [4.69, 9.17) is 0 Å². The van der Waals surface area contributed by atoms with Crippen molar-refractivity contribution in [3.05, 3.63) is 71.4 Å². The molecule has 6 nitrogen and oxygen atoms in total. The molecule has 0 unspecified atom stereocenters. The smallest absolute Gasteiger partial charge is 0.265 e. The van der Waals surface area contributed by atoms with Crippen molar-refractivity contribution in [2.75, 3.05) is 27.2 Å². The summed E-state index contributed by atoms with van der Waals surface area (Å²) in [6, 6.07) is 14.6. The highest BCUT2D eigenvalue weighted by Gasteiger charge is 2.41. The molecule has 0 spiro atoms. The third kappa shape index (κ3) is 3.11. The molecule has 7 heteroatoms. The van der Waals surface area contributed by atoms with Crippen molar-refractivity contribution >= 4 is 21.6 Å². The number of carbonyl (C=O) groups excluding carboxylic acids is 1. The van der Waals surface area contributed by atoms with Gasteiger partial charge in [0.1, 0.15) is 5.70 Å². The summed E-state index contributed by atoms with van der Waals surface area (Å²) in [7, 11) is -0.321. The van der Waals surface area contributed by atoms with Gasteiger partial charge in [-0.2, -0.15) is 0 Å². The number of allylic oxidation sites excluding steroid dienone is 1. The summed E-state index contributed by atoms with van der Waals surface area (Å²) in [5.41, 5.74) is 0.253. The van der Waals surface area contributed by atoms with E-state index in [1.807, 2.05) is 19.0 Å². The van der Waals surface area contributed by atoms with E-state index in [2.05, 4.69) is 0 Å². The first-order valence-electron chi connectivity index (χ1n) is 8.14. The van der Waals surface area contributed by atoms with Crippen LogP contribution in [0.1, 0.15) is 15.9 Å². The van der Waals surface area contributed by atoms with Crippen molar-refractivity contribution in [3.63, 3.8) is 0 Å². The molecule has 0 saturated carbocycles. The fourth-order valence-corrected chi connectivity index (χ4v) is 4.50. The van der Waals surface area contributed by atoms with Crippen LogP contribution in [0.5, 0.6) is 0 Å². The number of sulfonamides is 1. The minimum absolute atomic E-state index is 0.0339. The Morgan fingerprint density at radius 2 is 1.65 bits per heavy atom. The SMILES string of the molecule is CN(C)CCN1C(=C(O)c2ccccc2)C(=O)c2ccccc2S1(=O)=O. The first-order valence-corrected chi connectivity index (χ1v) is 9.58. The van der Waals surface area contributed by atoms with Crippen molar-refractivity contribution in [2.24, 2.45) is 0 Å². The van der Waals surface area contributed by atoms with Crippen LogP contribution in [-0.4, -0.2) is 55.7 Å². The average Bonchev–Trinajstić information content (AvgIpc) is 2.63. The molecule has 1 aliphatic heterocycles. The molecule has 2 aromatic rings. The van der Waals surface area contributed by atoms with E-state index in [0.717, 1.165) is 4.31 Å². The summed E-state index contributed by atoms with van der Waals surface area (Å²) in [5.74, 6) is -0.844. The van der Waals surface area contributed by atoms with E-state index in [-0.39, 0.29) is 28.5 Å². The molecule has 1 aliphatic rings. The largest absolute Gasteiger partial charge is 0.505 e. The van der Waals surface area contributed by atoms with Crippen LogP contribution in [0.15, 0.2) is 65.2 Å². The second kappa shape index (κ2) is 6.93. The Balaban J connectivity index is 2.25. The molecule has 1 N–H and O–H groups in total. The normalized spacial score (nSPS) is 18.0. The van der Waals surface area contributed by atoms with Gasteiger partial charge in [-0.3, -0.25) is 9.10 Å². The summed E-state index contributed by atoms with van der Waals surface area (Å²) in [6.07, 6.45) is 0. The van der Waals surface area contributed by atoms with Gasteiger partial charge in [-0.05, 0) is 26.2 Å². The van der Waals surface area contributed by atoms with Gasteiger partial charge >= 0.3 is 0 Å². The number of hydrogen-bond donors (Lipinski definition) is 1. The molecule has 0 radical (unpaired) electrons. The number of rotatable bonds is 4. The van der Waals surface area contributed by atoms with E-state index in [9.17, 15) is 18.3 Å². The Hall–Kier alpha value is -2.64. The van der Waals surface area contributed by atoms with E-state index >= 15 is 0 Å². The average molecular weight is 372 g/mol. The Kier molecular flexibility index (Phi) is 4.84. The summed E-state index contributed by atoms with van der Waals surface area (Å²) in [5, 5.41) is 10.7. The van der Waals surface area contributed by atoms with Crippen molar-refractivity contribution in [3.8, 4) is 0 Å². The maximum atomic E-state index is 13.1. The van der Waals surface area contributed by atoms with Crippen LogP contribution in [0, 0.1) is 0 Å². The van der Waals surface area contributed by atoms with Crippen LogP contribution in [0.4, 0.5) is 0 Å². The van der Waals surface area contributed by atoms with Crippen molar-refractivity contribution in [1.82, 2.24) is 9.21 Å². The van der Waals surface area contributed by atoms with Crippen molar-refractivity contribution in [2.45, 2.75) is 4.90 Å². The van der Waals surface area contributed by atoms with Crippen LogP contribution in [0.25, 0.3) is 5.76 Å². The highest BCUT2D eigenvalue weighted by molar-refractivity contribution is 7.89. The lowest BCUT2D eigenvalue weighted by atomic mass is 10.0. The van der Waals surface area contributed by atoms with Gasteiger partial charge in [-0.25, -0.2) is 8.42 Å². The number of likely N-dealkylation sites (N-methyl/N-ethyl adjacent to an activating group) is 1. The fraction of sp³-hybridized carbons (Fsp3) is 0.211. The van der Waals surface area contributed by atoms with E-state index in [0.29, 0.717) is 12.1 Å². The Labute approximate surface area is 153 Å². The van der Waals surface area contributed by atoms with Gasteiger partial charge in [0.15, 0.2) is 5.76 Å². The number of Topliss-reactive ketones (excluding diaryl/α,β-unsaturated/α-hetero) is 1. The van der Waals surface area contributed by atoms with Gasteiger partial charge in [-0.15, -0.1) is 0 Å². The lowest BCUT2D eigenvalue weighted by Gasteiger charge is -2.32. The molecule has 0 atom stereocenters. The molecular weight excluding hydrogens is 352 g/mol. The number of ketones is 1. The number of hydrogen-bond acceptors (Lipinski definition) is 5. The monoisotopic (exact) mass is 372 g/mol. The Bertz CT molecular complexity index is 966. The molecule has 0 fully saturated rings. The summed E-state index contributed by atoms with van der Waals surface area (Å²) in [4.78, 5) is 14.8. The third-order valence-electron chi connectivity index (χ3n) is 4.19. The molecule has 3 rings (SSSR count). The quantitative estimate of drug-likeness (QED) is 0.658. The minimum atomic E-state index is -3.95. The van der Waals surface area contributed by atoms with Gasteiger partial charge in [0.25, 0.3) is 10.0 Å². The molecule has 0 amide bonds. The lowest BCUT2D eigenvalue weighted by Crippen LogP contribution is -2.43. The summed E-state index contributed by atoms with van der Waals surface area (Å²) in [6.45, 7) is 0.460. The van der Waals surface area contributed by atoms with Crippen molar-refractivity contribution in [1.29, 1.82) is 0 Å². The number of nitrogens with zero attached hydrogens (tertiary/aromatic N) is 2. The standard InChI is InChI=1S/C19H20N2O4S/c1-20(2)12-13-21-17(18(22)14-8-4-3-5-9-14)19(23)15-10-6-7-11-16(15)26(21,24)25/h3-11,22H,12-13H2,1-2H3. The van der Waals surface area contributed by atoms with Gasteiger partial charge in [0, 0.05) is 24.2 Å². The van der Waals surface area contributed by atoms with Crippen LogP contribution in [0.2, 0.25) is 0 Å². The summed E-state index contributed by atoms with van der Waals surface area (Å²) < 4.78 is 27.3. The van der Waals surface area contributed by atoms with Crippen molar-refractivity contribution < 1.29 is 18.3 Å². The molecule has 0 aromatic heterocycles. The van der Waals surface area contributed by atoms with Gasteiger partial charge < -0.3 is 10.0 Å². The molecule has 136 valence electrons. The molecule has 0 aliphatic carbocycles. The third-order valence-corrected chi connectivity index (χ3v) is 6.04. The zero-order valence-corrected chi connectivity index (χ0v) is 15.4. The zero-order chi connectivity index (χ0) is 18.9. The molecule has 0 saturated heterocycles. The molecule has 0 bridgehead atoms. The highest BCUT2D eigenvalue weighted by atomic mass is 32.2. The second-order valence-corrected chi connectivity index (χ2v) is 8.10. The fourth-order valence-electron chi connectivity index (χ4n) is 2.84. The molecule has 2 aromatic carbocycles. The Morgan fingerprint density at radius 3 is 2.31 bits per heavy atom. The number of carbonyl (C=O) groups is 1. The summed E-state index contributed by atoms with van der Waals surface area (Å²) >= 11 is 0. The van der Waals surface area contributed by atoms with Crippen LogP contribution >= 0.6 is 0 Å². The number of aliphatic hydroxyl groups excluding tert-OH is 1. The Morgan fingerprint density at radius 1 is 1.04 bits per heavy atom. The van der Waals surface area contributed by atoms with Gasteiger partial charge in [0.2, 0.25) is 5.78 Å². The predicted octanol–water partition coefficient (Wildman–Crippen LogP) is 2.36. The van der Waals surface area contributed by atoms with Crippen LogP contribution in [0.3, 0.4) is 0 Å².